The molecule has 0 saturated carbocycles. The summed E-state index contributed by atoms with van der Waals surface area (Å²) in [5, 5.41) is 7.99. The van der Waals surface area contributed by atoms with E-state index in [-0.39, 0.29) is 0 Å². The highest BCUT2D eigenvalue weighted by atomic mass is 32.1. The summed E-state index contributed by atoms with van der Waals surface area (Å²) >= 11 is 1.90. The summed E-state index contributed by atoms with van der Waals surface area (Å²) < 4.78 is 2.73. The van der Waals surface area contributed by atoms with E-state index in [2.05, 4.69) is 102 Å². The van der Waals surface area contributed by atoms with Crippen molar-refractivity contribution >= 4 is 64.1 Å². The Labute approximate surface area is 177 Å². The van der Waals surface area contributed by atoms with E-state index >= 15 is 0 Å². The Morgan fingerprint density at radius 3 is 2.13 bits per heavy atom. The third kappa shape index (κ3) is 2.11. The molecule has 0 spiro atoms. The van der Waals surface area contributed by atoms with Gasteiger partial charge in [-0.2, -0.15) is 0 Å². The standard InChI is InChI=1S/C28H17NS/c1-2-8-17(9-3-1)18-14-15-23-22(16-18)25-26-21-12-6-7-13-24(21)30-28(26)20-11-5-4-10-19(20)27(25)29-23/h1-16,29H. The molecule has 2 aromatic heterocycles. The first-order valence-corrected chi connectivity index (χ1v) is 11.0. The predicted octanol–water partition coefficient (Wildman–Crippen LogP) is 8.51. The molecule has 0 unspecified atom stereocenters. The van der Waals surface area contributed by atoms with Crippen molar-refractivity contribution in [1.29, 1.82) is 0 Å². The highest BCUT2D eigenvalue weighted by Gasteiger charge is 2.18. The lowest BCUT2D eigenvalue weighted by atomic mass is 9.98. The van der Waals surface area contributed by atoms with Crippen molar-refractivity contribution in [3.8, 4) is 11.1 Å². The summed E-state index contributed by atoms with van der Waals surface area (Å²) in [6.45, 7) is 0. The Morgan fingerprint density at radius 2 is 1.27 bits per heavy atom. The van der Waals surface area contributed by atoms with Gasteiger partial charge >= 0.3 is 0 Å². The second-order valence-electron chi connectivity index (χ2n) is 7.85. The smallest absolute Gasteiger partial charge is 0.0551 e. The first kappa shape index (κ1) is 16.2. The van der Waals surface area contributed by atoms with Gasteiger partial charge in [-0.25, -0.2) is 0 Å². The molecule has 7 aromatic rings. The maximum Gasteiger partial charge on any atom is 0.0551 e. The van der Waals surface area contributed by atoms with E-state index in [1.807, 2.05) is 11.3 Å². The molecular weight excluding hydrogens is 382 g/mol. The van der Waals surface area contributed by atoms with Gasteiger partial charge in [-0.05, 0) is 29.3 Å². The third-order valence-electron chi connectivity index (χ3n) is 6.19. The fraction of sp³-hybridized carbons (Fsp3) is 0. The van der Waals surface area contributed by atoms with Crippen LogP contribution in [0.3, 0.4) is 0 Å². The van der Waals surface area contributed by atoms with E-state index in [1.165, 1.54) is 63.9 Å². The first-order valence-electron chi connectivity index (χ1n) is 10.2. The van der Waals surface area contributed by atoms with Crippen molar-refractivity contribution in [2.24, 2.45) is 0 Å². The number of hydrogen-bond acceptors (Lipinski definition) is 1. The van der Waals surface area contributed by atoms with E-state index in [4.69, 9.17) is 0 Å². The quantitative estimate of drug-likeness (QED) is 0.285. The Kier molecular flexibility index (Phi) is 3.21. The van der Waals surface area contributed by atoms with Gasteiger partial charge in [0.05, 0.1) is 5.52 Å². The number of benzene rings is 5. The van der Waals surface area contributed by atoms with Crippen molar-refractivity contribution in [3.05, 3.63) is 97.1 Å². The summed E-state index contributed by atoms with van der Waals surface area (Å²) in [5.74, 6) is 0. The minimum atomic E-state index is 1.19. The van der Waals surface area contributed by atoms with Gasteiger partial charge in [-0.15, -0.1) is 11.3 Å². The summed E-state index contributed by atoms with van der Waals surface area (Å²) in [6.07, 6.45) is 0. The highest BCUT2D eigenvalue weighted by Crippen LogP contribution is 2.46. The molecule has 1 N–H and O–H groups in total. The van der Waals surface area contributed by atoms with E-state index < -0.39 is 0 Å². The number of hydrogen-bond donors (Lipinski definition) is 1. The topological polar surface area (TPSA) is 15.8 Å². The lowest BCUT2D eigenvalue weighted by Gasteiger charge is -2.05. The molecule has 0 radical (unpaired) electrons. The molecule has 0 aliphatic carbocycles. The van der Waals surface area contributed by atoms with E-state index in [0.29, 0.717) is 0 Å². The van der Waals surface area contributed by atoms with Gasteiger partial charge in [0.15, 0.2) is 0 Å². The Balaban J connectivity index is 1.75. The molecule has 5 aromatic carbocycles. The molecule has 140 valence electrons. The average molecular weight is 400 g/mol. The van der Waals surface area contributed by atoms with Crippen molar-refractivity contribution in [1.82, 2.24) is 4.98 Å². The molecule has 0 aliphatic rings. The van der Waals surface area contributed by atoms with Crippen molar-refractivity contribution in [3.63, 3.8) is 0 Å². The van der Waals surface area contributed by atoms with Crippen LogP contribution in [0, 0.1) is 0 Å². The molecular formula is C28H17NS. The highest BCUT2D eigenvalue weighted by molar-refractivity contribution is 7.27. The van der Waals surface area contributed by atoms with Gasteiger partial charge in [0.25, 0.3) is 0 Å². The van der Waals surface area contributed by atoms with Crippen LogP contribution >= 0.6 is 11.3 Å². The summed E-state index contributed by atoms with van der Waals surface area (Å²) in [6, 6.07) is 35.0. The minimum absolute atomic E-state index is 1.19. The largest absolute Gasteiger partial charge is 0.354 e. The molecule has 0 amide bonds. The number of nitrogens with one attached hydrogen (secondary N) is 1. The molecule has 1 nitrogen and oxygen atoms in total. The lowest BCUT2D eigenvalue weighted by Crippen LogP contribution is -1.78. The molecule has 0 aliphatic heterocycles. The summed E-state index contributed by atoms with van der Waals surface area (Å²) in [7, 11) is 0. The Hall–Kier alpha value is -3.62. The number of aromatic nitrogens is 1. The van der Waals surface area contributed by atoms with Crippen LogP contribution in [-0.4, -0.2) is 4.98 Å². The maximum absolute atomic E-state index is 3.75. The van der Waals surface area contributed by atoms with Crippen molar-refractivity contribution in [2.45, 2.75) is 0 Å². The van der Waals surface area contributed by atoms with Crippen LogP contribution in [0.15, 0.2) is 97.1 Å². The fourth-order valence-electron chi connectivity index (χ4n) is 4.85. The van der Waals surface area contributed by atoms with Gasteiger partial charge in [0, 0.05) is 47.2 Å². The van der Waals surface area contributed by atoms with Crippen LogP contribution in [0.1, 0.15) is 0 Å². The second-order valence-corrected chi connectivity index (χ2v) is 8.90. The number of thiophene rings is 1. The van der Waals surface area contributed by atoms with Crippen LogP contribution in [-0.2, 0) is 0 Å². The molecule has 0 saturated heterocycles. The average Bonchev–Trinajstić information content (AvgIpc) is 3.38. The van der Waals surface area contributed by atoms with Crippen LogP contribution < -0.4 is 0 Å². The zero-order valence-corrected chi connectivity index (χ0v) is 17.0. The van der Waals surface area contributed by atoms with E-state index in [0.717, 1.165) is 0 Å². The number of H-pyrrole nitrogens is 1. The lowest BCUT2D eigenvalue weighted by molar-refractivity contribution is 1.56. The van der Waals surface area contributed by atoms with Crippen LogP contribution in [0.5, 0.6) is 0 Å². The van der Waals surface area contributed by atoms with Gasteiger partial charge in [0.1, 0.15) is 0 Å². The van der Waals surface area contributed by atoms with Crippen molar-refractivity contribution in [2.75, 3.05) is 0 Å². The maximum atomic E-state index is 3.75. The fourth-order valence-corrected chi connectivity index (χ4v) is 6.09. The molecule has 0 bridgehead atoms. The molecule has 7 rings (SSSR count). The summed E-state index contributed by atoms with van der Waals surface area (Å²) in [4.78, 5) is 3.75. The minimum Gasteiger partial charge on any atom is -0.354 e. The third-order valence-corrected chi connectivity index (χ3v) is 7.40. The van der Waals surface area contributed by atoms with Gasteiger partial charge < -0.3 is 4.98 Å². The van der Waals surface area contributed by atoms with E-state index in [9.17, 15) is 0 Å². The normalized spacial score (nSPS) is 12.0. The molecule has 0 fully saturated rings. The Bertz CT molecular complexity index is 1740. The zero-order chi connectivity index (χ0) is 19.7. The monoisotopic (exact) mass is 399 g/mol. The Morgan fingerprint density at radius 1 is 0.533 bits per heavy atom. The van der Waals surface area contributed by atoms with Crippen LogP contribution in [0.25, 0.3) is 63.9 Å². The van der Waals surface area contributed by atoms with Gasteiger partial charge in [-0.3, -0.25) is 0 Å². The second kappa shape index (κ2) is 5.94. The van der Waals surface area contributed by atoms with Crippen molar-refractivity contribution < 1.29 is 0 Å². The predicted molar refractivity (Wildman–Crippen MR) is 132 cm³/mol. The van der Waals surface area contributed by atoms with Crippen LogP contribution in [0.2, 0.25) is 0 Å². The SMILES string of the molecule is c1ccc(-c2ccc3[nH]c4c5ccccc5c5sc6ccccc6c5c4c3c2)cc1. The molecule has 2 heterocycles. The van der Waals surface area contributed by atoms with Crippen LogP contribution in [0.4, 0.5) is 0 Å². The number of fused-ring (bicyclic) bond motifs is 10. The molecule has 2 heteroatoms. The zero-order valence-electron chi connectivity index (χ0n) is 16.1. The number of aromatic amines is 1. The molecule has 30 heavy (non-hydrogen) atoms. The van der Waals surface area contributed by atoms with Gasteiger partial charge in [-0.1, -0.05) is 78.9 Å². The van der Waals surface area contributed by atoms with E-state index in [1.54, 1.807) is 0 Å². The first-order chi connectivity index (χ1) is 14.9. The number of rotatable bonds is 1. The molecule has 0 atom stereocenters. The summed E-state index contributed by atoms with van der Waals surface area (Å²) in [5.41, 5.74) is 4.94. The van der Waals surface area contributed by atoms with Gasteiger partial charge in [0.2, 0.25) is 0 Å².